The predicted molar refractivity (Wildman–Crippen MR) is 128 cm³/mol. The highest BCUT2D eigenvalue weighted by Gasteiger charge is 2.40. The highest BCUT2D eigenvalue weighted by atomic mass is 16.5. The number of carbonyl (C=O) groups excluding carboxylic acids is 2. The van der Waals surface area contributed by atoms with Crippen molar-refractivity contribution in [3.05, 3.63) is 84.2 Å². The van der Waals surface area contributed by atoms with Gasteiger partial charge in [0.1, 0.15) is 5.75 Å². The van der Waals surface area contributed by atoms with Crippen LogP contribution < -0.4 is 10.5 Å². The van der Waals surface area contributed by atoms with E-state index >= 15 is 0 Å². The Labute approximate surface area is 194 Å². The molecule has 1 aromatic heterocycles. The molecular formula is C27H29N3O3. The Morgan fingerprint density at radius 2 is 1.73 bits per heavy atom. The Balaban J connectivity index is 1.44. The molecule has 6 heteroatoms. The van der Waals surface area contributed by atoms with E-state index in [0.29, 0.717) is 38.8 Å². The summed E-state index contributed by atoms with van der Waals surface area (Å²) < 4.78 is 5.25. The van der Waals surface area contributed by atoms with Crippen LogP contribution in [0.25, 0.3) is 11.1 Å². The molecule has 0 aliphatic carbocycles. The largest absolute Gasteiger partial charge is 0.497 e. The molecule has 3 aromatic rings. The van der Waals surface area contributed by atoms with Crippen molar-refractivity contribution in [2.75, 3.05) is 20.2 Å². The van der Waals surface area contributed by atoms with Gasteiger partial charge < -0.3 is 15.4 Å². The summed E-state index contributed by atoms with van der Waals surface area (Å²) in [5, 5.41) is 0. The van der Waals surface area contributed by atoms with Gasteiger partial charge >= 0.3 is 0 Å². The van der Waals surface area contributed by atoms with Crippen LogP contribution in [0.5, 0.6) is 5.75 Å². The van der Waals surface area contributed by atoms with Crippen molar-refractivity contribution in [2.45, 2.75) is 25.7 Å². The number of nitrogens with two attached hydrogens (primary N) is 1. The Morgan fingerprint density at radius 1 is 1.00 bits per heavy atom. The molecule has 2 N–H and O–H groups in total. The smallest absolute Gasteiger partial charge is 0.226 e. The minimum absolute atomic E-state index is 0.0555. The van der Waals surface area contributed by atoms with Crippen molar-refractivity contribution >= 4 is 11.8 Å². The lowest BCUT2D eigenvalue weighted by Gasteiger charge is -2.40. The average molecular weight is 444 g/mol. The quantitative estimate of drug-likeness (QED) is 0.604. The van der Waals surface area contributed by atoms with Gasteiger partial charge in [0.2, 0.25) is 11.8 Å². The van der Waals surface area contributed by atoms with Gasteiger partial charge in [0.05, 0.1) is 18.9 Å². The lowest BCUT2D eigenvalue weighted by atomic mass is 9.73. The van der Waals surface area contributed by atoms with Crippen LogP contribution in [0, 0.1) is 5.41 Å². The molecule has 1 fully saturated rings. The summed E-state index contributed by atoms with van der Waals surface area (Å²) in [4.78, 5) is 31.5. The zero-order chi connectivity index (χ0) is 23.3. The standard InChI is InChI=1S/C27H29N3O3/c1-33-24-9-3-5-20(16-24)17-25(31)30-13-10-27(11-14-30,26(28)32)18-21-6-2-7-22(15-21)23-8-4-12-29-19-23/h2-9,12,15-16,19H,10-11,13-14,17-18H2,1H3,(H2,28,32). The lowest BCUT2D eigenvalue weighted by Crippen LogP contribution is -2.50. The number of primary amides is 1. The molecule has 0 atom stereocenters. The van der Waals surface area contributed by atoms with Crippen LogP contribution in [-0.4, -0.2) is 41.9 Å². The fraction of sp³-hybridized carbons (Fsp3) is 0.296. The van der Waals surface area contributed by atoms with Crippen LogP contribution in [0.3, 0.4) is 0 Å². The molecule has 2 aromatic carbocycles. The first-order valence-electron chi connectivity index (χ1n) is 11.2. The summed E-state index contributed by atoms with van der Waals surface area (Å²) >= 11 is 0. The first-order valence-corrected chi connectivity index (χ1v) is 11.2. The summed E-state index contributed by atoms with van der Waals surface area (Å²) in [6.45, 7) is 1.04. The number of amides is 2. The van der Waals surface area contributed by atoms with E-state index in [1.165, 1.54) is 0 Å². The van der Waals surface area contributed by atoms with Gasteiger partial charge in [-0.3, -0.25) is 14.6 Å². The molecule has 2 amide bonds. The number of pyridine rings is 1. The summed E-state index contributed by atoms with van der Waals surface area (Å²) in [6.07, 6.45) is 5.57. The first kappa shape index (κ1) is 22.5. The Hall–Kier alpha value is -3.67. The second kappa shape index (κ2) is 9.86. The number of ether oxygens (including phenoxy) is 1. The highest BCUT2D eigenvalue weighted by Crippen LogP contribution is 2.36. The SMILES string of the molecule is COc1cccc(CC(=O)N2CCC(Cc3cccc(-c4cccnc4)c3)(C(N)=O)CC2)c1. The van der Waals surface area contributed by atoms with E-state index in [0.717, 1.165) is 28.0 Å². The summed E-state index contributed by atoms with van der Waals surface area (Å²) in [6, 6.07) is 19.6. The van der Waals surface area contributed by atoms with E-state index in [2.05, 4.69) is 11.1 Å². The Kier molecular flexibility index (Phi) is 6.73. The Bertz CT molecular complexity index is 1120. The number of rotatable bonds is 7. The van der Waals surface area contributed by atoms with Gasteiger partial charge in [0.25, 0.3) is 0 Å². The van der Waals surface area contributed by atoms with Gasteiger partial charge in [0, 0.05) is 25.5 Å². The average Bonchev–Trinajstić information content (AvgIpc) is 2.85. The topological polar surface area (TPSA) is 85.5 Å². The monoisotopic (exact) mass is 443 g/mol. The van der Waals surface area contributed by atoms with Crippen molar-refractivity contribution in [1.29, 1.82) is 0 Å². The molecule has 2 heterocycles. The van der Waals surface area contributed by atoms with Crippen molar-refractivity contribution in [2.24, 2.45) is 11.1 Å². The van der Waals surface area contributed by atoms with Crippen LogP contribution in [0.2, 0.25) is 0 Å². The van der Waals surface area contributed by atoms with Crippen molar-refractivity contribution in [1.82, 2.24) is 9.88 Å². The van der Waals surface area contributed by atoms with Crippen LogP contribution in [0.1, 0.15) is 24.0 Å². The number of hydrogen-bond donors (Lipinski definition) is 1. The summed E-state index contributed by atoms with van der Waals surface area (Å²) in [5.74, 6) is 0.495. The maximum absolute atomic E-state index is 12.9. The van der Waals surface area contributed by atoms with Crippen LogP contribution >= 0.6 is 0 Å². The second-order valence-corrected chi connectivity index (χ2v) is 8.67. The third-order valence-electron chi connectivity index (χ3n) is 6.55. The maximum Gasteiger partial charge on any atom is 0.226 e. The normalized spacial score (nSPS) is 15.1. The molecule has 0 unspecified atom stereocenters. The molecule has 1 aliphatic heterocycles. The van der Waals surface area contributed by atoms with E-state index in [1.807, 2.05) is 65.7 Å². The summed E-state index contributed by atoms with van der Waals surface area (Å²) in [5.41, 5.74) is 9.33. The fourth-order valence-electron chi connectivity index (χ4n) is 4.55. The molecule has 1 saturated heterocycles. The second-order valence-electron chi connectivity index (χ2n) is 8.67. The number of nitrogens with zero attached hydrogens (tertiary/aromatic N) is 2. The number of carbonyl (C=O) groups is 2. The van der Waals surface area contributed by atoms with Gasteiger partial charge in [0.15, 0.2) is 0 Å². The molecule has 170 valence electrons. The molecule has 33 heavy (non-hydrogen) atoms. The maximum atomic E-state index is 12.9. The van der Waals surface area contributed by atoms with Crippen LogP contribution in [0.15, 0.2) is 73.1 Å². The van der Waals surface area contributed by atoms with E-state index in [9.17, 15) is 9.59 Å². The van der Waals surface area contributed by atoms with Gasteiger partial charge in [-0.2, -0.15) is 0 Å². The van der Waals surface area contributed by atoms with Crippen molar-refractivity contribution < 1.29 is 14.3 Å². The fourth-order valence-corrected chi connectivity index (χ4v) is 4.55. The van der Waals surface area contributed by atoms with E-state index in [-0.39, 0.29) is 11.8 Å². The zero-order valence-corrected chi connectivity index (χ0v) is 18.9. The third kappa shape index (κ3) is 5.22. The van der Waals surface area contributed by atoms with Gasteiger partial charge in [-0.1, -0.05) is 42.5 Å². The molecular weight excluding hydrogens is 414 g/mol. The lowest BCUT2D eigenvalue weighted by molar-refractivity contribution is -0.138. The first-order chi connectivity index (χ1) is 16.0. The zero-order valence-electron chi connectivity index (χ0n) is 18.9. The molecule has 6 nitrogen and oxygen atoms in total. The van der Waals surface area contributed by atoms with E-state index < -0.39 is 5.41 Å². The van der Waals surface area contributed by atoms with Gasteiger partial charge in [-0.15, -0.1) is 0 Å². The number of aromatic nitrogens is 1. The highest BCUT2D eigenvalue weighted by molar-refractivity contribution is 5.83. The number of piperidine rings is 1. The Morgan fingerprint density at radius 3 is 2.42 bits per heavy atom. The van der Waals surface area contributed by atoms with Crippen molar-refractivity contribution in [3.8, 4) is 16.9 Å². The van der Waals surface area contributed by atoms with E-state index in [4.69, 9.17) is 10.5 Å². The number of benzene rings is 2. The predicted octanol–water partition coefficient (Wildman–Crippen LogP) is 3.64. The molecule has 0 spiro atoms. The van der Waals surface area contributed by atoms with Crippen LogP contribution in [-0.2, 0) is 22.4 Å². The third-order valence-corrected chi connectivity index (χ3v) is 6.55. The molecule has 0 saturated carbocycles. The van der Waals surface area contributed by atoms with Crippen LogP contribution in [0.4, 0.5) is 0 Å². The minimum Gasteiger partial charge on any atom is -0.497 e. The summed E-state index contributed by atoms with van der Waals surface area (Å²) in [7, 11) is 1.61. The molecule has 1 aliphatic rings. The van der Waals surface area contributed by atoms with E-state index in [1.54, 1.807) is 13.3 Å². The minimum atomic E-state index is -0.652. The number of hydrogen-bond acceptors (Lipinski definition) is 4. The van der Waals surface area contributed by atoms with Crippen molar-refractivity contribution in [3.63, 3.8) is 0 Å². The molecule has 4 rings (SSSR count). The molecule has 0 radical (unpaired) electrons. The van der Waals surface area contributed by atoms with Gasteiger partial charge in [-0.25, -0.2) is 0 Å². The molecule has 0 bridgehead atoms. The number of methoxy groups -OCH3 is 1. The number of likely N-dealkylation sites (tertiary alicyclic amines) is 1. The van der Waals surface area contributed by atoms with Gasteiger partial charge in [-0.05, 0) is 59.7 Å².